The molecule has 0 aliphatic rings. The highest BCUT2D eigenvalue weighted by molar-refractivity contribution is 5.77. The van der Waals surface area contributed by atoms with Crippen LogP contribution in [0.15, 0.2) is 0 Å². The van der Waals surface area contributed by atoms with E-state index in [0.717, 1.165) is 12.8 Å². The Hall–Kier alpha value is -1.46. The standard InChI is InChI=1S/C24H50N4O10/c25-7-1-9-31-13-17-35-19-15-33-11-5-21(27)37-23(29)3-4-24(30)38-22(28)6-12-34-16-20-36-18-14-32-10-2-8-26/h21-22H,1-20,25-28H2. The van der Waals surface area contributed by atoms with Gasteiger partial charge in [-0.25, -0.2) is 0 Å². The zero-order valence-electron chi connectivity index (χ0n) is 22.7. The van der Waals surface area contributed by atoms with Crippen LogP contribution in [0.4, 0.5) is 0 Å². The van der Waals surface area contributed by atoms with Gasteiger partial charge in [0.2, 0.25) is 0 Å². The van der Waals surface area contributed by atoms with Crippen LogP contribution in [0.2, 0.25) is 0 Å². The summed E-state index contributed by atoms with van der Waals surface area (Å²) < 4.78 is 42.2. The highest BCUT2D eigenvalue weighted by Gasteiger charge is 2.15. The topological polar surface area (TPSA) is 212 Å². The molecule has 0 heterocycles. The molecule has 226 valence electrons. The van der Waals surface area contributed by atoms with Gasteiger partial charge < -0.3 is 49.4 Å². The molecule has 2 unspecified atom stereocenters. The molecule has 0 aromatic heterocycles. The third-order valence-corrected chi connectivity index (χ3v) is 4.67. The van der Waals surface area contributed by atoms with E-state index in [1.54, 1.807) is 0 Å². The second-order valence-electron chi connectivity index (χ2n) is 8.09. The minimum Gasteiger partial charge on any atom is -0.447 e. The van der Waals surface area contributed by atoms with E-state index >= 15 is 0 Å². The van der Waals surface area contributed by atoms with Crippen LogP contribution >= 0.6 is 0 Å². The predicted molar refractivity (Wildman–Crippen MR) is 139 cm³/mol. The third kappa shape index (κ3) is 27.6. The fourth-order valence-corrected chi connectivity index (χ4v) is 2.63. The van der Waals surface area contributed by atoms with Gasteiger partial charge in [0, 0.05) is 26.1 Å². The van der Waals surface area contributed by atoms with Crippen molar-refractivity contribution in [3.05, 3.63) is 0 Å². The molecule has 0 saturated carbocycles. The maximum Gasteiger partial charge on any atom is 0.307 e. The van der Waals surface area contributed by atoms with Crippen molar-refractivity contribution >= 4 is 11.9 Å². The molecule has 0 saturated heterocycles. The van der Waals surface area contributed by atoms with Crippen LogP contribution < -0.4 is 22.9 Å². The Bertz CT molecular complexity index is 502. The summed E-state index contributed by atoms with van der Waals surface area (Å²) in [6, 6.07) is 0. The van der Waals surface area contributed by atoms with Crippen molar-refractivity contribution in [1.82, 2.24) is 0 Å². The summed E-state index contributed by atoms with van der Waals surface area (Å²) in [6.07, 6.45) is 0.302. The van der Waals surface area contributed by atoms with E-state index in [0.29, 0.717) is 105 Å². The first kappa shape index (κ1) is 36.5. The molecule has 0 aromatic rings. The lowest BCUT2D eigenvalue weighted by atomic mass is 10.3. The zero-order chi connectivity index (χ0) is 28.1. The van der Waals surface area contributed by atoms with Gasteiger partial charge in [0.05, 0.1) is 78.9 Å². The van der Waals surface area contributed by atoms with E-state index in [9.17, 15) is 9.59 Å². The Balaban J connectivity index is 3.55. The lowest BCUT2D eigenvalue weighted by Gasteiger charge is -2.15. The highest BCUT2D eigenvalue weighted by atomic mass is 16.6. The number of nitrogens with two attached hydrogens (primary N) is 4. The van der Waals surface area contributed by atoms with E-state index in [2.05, 4.69) is 0 Å². The number of esters is 2. The molecule has 0 rings (SSSR count). The Labute approximate surface area is 226 Å². The number of hydrogen-bond acceptors (Lipinski definition) is 14. The van der Waals surface area contributed by atoms with Crippen molar-refractivity contribution in [1.29, 1.82) is 0 Å². The van der Waals surface area contributed by atoms with E-state index in [1.807, 2.05) is 0 Å². The Kier molecular flexibility index (Phi) is 27.4. The van der Waals surface area contributed by atoms with Crippen LogP contribution in [-0.2, 0) is 47.5 Å². The quantitative estimate of drug-likeness (QED) is 0.0496. The van der Waals surface area contributed by atoms with E-state index in [4.69, 9.17) is 60.8 Å². The number of carbonyl (C=O) groups excluding carboxylic acids is 2. The van der Waals surface area contributed by atoms with Crippen LogP contribution in [0.3, 0.4) is 0 Å². The lowest BCUT2D eigenvalue weighted by Crippen LogP contribution is -2.30. The largest absolute Gasteiger partial charge is 0.447 e. The van der Waals surface area contributed by atoms with Gasteiger partial charge in [-0.05, 0) is 25.9 Å². The number of ether oxygens (including phenoxy) is 8. The van der Waals surface area contributed by atoms with Crippen LogP contribution in [0.25, 0.3) is 0 Å². The maximum atomic E-state index is 11.9. The molecule has 0 bridgehead atoms. The van der Waals surface area contributed by atoms with Crippen LogP contribution in [0.5, 0.6) is 0 Å². The molecule has 38 heavy (non-hydrogen) atoms. The first-order chi connectivity index (χ1) is 18.5. The summed E-state index contributed by atoms with van der Waals surface area (Å²) in [5.74, 6) is -1.21. The molecule has 8 N–H and O–H groups in total. The van der Waals surface area contributed by atoms with Gasteiger partial charge in [-0.1, -0.05) is 0 Å². The Morgan fingerprint density at radius 3 is 1.08 bits per heavy atom. The average molecular weight is 555 g/mol. The minimum absolute atomic E-state index is 0.162. The summed E-state index contributed by atoms with van der Waals surface area (Å²) in [5, 5.41) is 0. The van der Waals surface area contributed by atoms with Gasteiger partial charge in [0.15, 0.2) is 12.5 Å². The van der Waals surface area contributed by atoms with Crippen molar-refractivity contribution in [2.45, 2.75) is 51.0 Å². The van der Waals surface area contributed by atoms with Crippen molar-refractivity contribution < 1.29 is 47.5 Å². The highest BCUT2D eigenvalue weighted by Crippen LogP contribution is 2.02. The van der Waals surface area contributed by atoms with Crippen molar-refractivity contribution in [3.63, 3.8) is 0 Å². The minimum atomic E-state index is -0.831. The summed E-state index contributed by atoms with van der Waals surface area (Å²) in [6.45, 7) is 6.69. The molecule has 0 amide bonds. The van der Waals surface area contributed by atoms with Gasteiger partial charge in [0.25, 0.3) is 0 Å². The van der Waals surface area contributed by atoms with E-state index in [-0.39, 0.29) is 12.8 Å². The Morgan fingerprint density at radius 1 is 0.474 bits per heavy atom. The zero-order valence-corrected chi connectivity index (χ0v) is 22.7. The molecule has 0 spiro atoms. The van der Waals surface area contributed by atoms with Crippen LogP contribution in [0.1, 0.15) is 38.5 Å². The van der Waals surface area contributed by atoms with Crippen LogP contribution in [-0.4, -0.2) is 117 Å². The molecule has 0 aliphatic carbocycles. The second kappa shape index (κ2) is 28.5. The fourth-order valence-electron chi connectivity index (χ4n) is 2.63. The van der Waals surface area contributed by atoms with Crippen molar-refractivity contribution in [2.75, 3.05) is 92.4 Å². The van der Waals surface area contributed by atoms with E-state index < -0.39 is 24.4 Å². The first-order valence-corrected chi connectivity index (χ1v) is 13.3. The molecule has 2 atom stereocenters. The van der Waals surface area contributed by atoms with E-state index in [1.165, 1.54) is 0 Å². The molecule has 0 aromatic carbocycles. The average Bonchev–Trinajstić information content (AvgIpc) is 2.89. The summed E-state index contributed by atoms with van der Waals surface area (Å²) in [5.41, 5.74) is 22.3. The second-order valence-corrected chi connectivity index (χ2v) is 8.09. The van der Waals surface area contributed by atoms with Gasteiger partial charge in [-0.15, -0.1) is 0 Å². The molecular formula is C24H50N4O10. The molecule has 14 nitrogen and oxygen atoms in total. The predicted octanol–water partition coefficient (Wildman–Crippen LogP) is -1.000. The molecule has 14 heteroatoms. The fraction of sp³-hybridized carbons (Fsp3) is 0.917. The van der Waals surface area contributed by atoms with Crippen molar-refractivity contribution in [3.8, 4) is 0 Å². The summed E-state index contributed by atoms with van der Waals surface area (Å²) in [4.78, 5) is 23.7. The van der Waals surface area contributed by atoms with Gasteiger partial charge >= 0.3 is 11.9 Å². The normalized spacial score (nSPS) is 12.8. The van der Waals surface area contributed by atoms with Crippen molar-refractivity contribution in [2.24, 2.45) is 22.9 Å². The monoisotopic (exact) mass is 554 g/mol. The maximum absolute atomic E-state index is 11.9. The van der Waals surface area contributed by atoms with Crippen LogP contribution in [0, 0.1) is 0 Å². The SMILES string of the molecule is NCCCOCCOCCOCCC(N)OC(=O)CCC(=O)OC(N)CCOCCOCCOCCCN. The van der Waals surface area contributed by atoms with Gasteiger partial charge in [-0.3, -0.25) is 21.1 Å². The lowest BCUT2D eigenvalue weighted by molar-refractivity contribution is -0.156. The number of hydrogen-bond donors (Lipinski definition) is 4. The van der Waals surface area contributed by atoms with Gasteiger partial charge in [0.1, 0.15) is 0 Å². The summed E-state index contributed by atoms with van der Waals surface area (Å²) in [7, 11) is 0. The first-order valence-electron chi connectivity index (χ1n) is 13.3. The van der Waals surface area contributed by atoms with Gasteiger partial charge in [-0.2, -0.15) is 0 Å². The Morgan fingerprint density at radius 2 is 0.763 bits per heavy atom. The number of carbonyl (C=O) groups is 2. The number of rotatable bonds is 29. The smallest absolute Gasteiger partial charge is 0.307 e. The summed E-state index contributed by atoms with van der Waals surface area (Å²) >= 11 is 0. The molecule has 0 fully saturated rings. The molecular weight excluding hydrogens is 504 g/mol. The molecule has 0 aliphatic heterocycles. The third-order valence-electron chi connectivity index (χ3n) is 4.67. The molecule has 0 radical (unpaired) electrons.